The minimum Gasteiger partial charge on any atom is -0.493 e. The SMILES string of the molecule is CNC(=O)c1cccc(NC(=O)c2ccc(OCCc3ccccc3)cc2)c1. The lowest BCUT2D eigenvalue weighted by molar-refractivity contribution is 0.0961. The fourth-order valence-corrected chi connectivity index (χ4v) is 2.72. The van der Waals surface area contributed by atoms with Gasteiger partial charge in [0, 0.05) is 30.3 Å². The summed E-state index contributed by atoms with van der Waals surface area (Å²) in [6.45, 7) is 0.571. The molecule has 2 amide bonds. The standard InChI is InChI=1S/C23H22N2O3/c1-24-22(26)19-8-5-9-20(16-19)25-23(27)18-10-12-21(13-11-18)28-15-14-17-6-3-2-4-7-17/h2-13,16H,14-15H2,1H3,(H,24,26)(H,25,27). The molecule has 5 heteroatoms. The highest BCUT2D eigenvalue weighted by Crippen LogP contribution is 2.16. The minimum absolute atomic E-state index is 0.201. The number of amides is 2. The first-order valence-corrected chi connectivity index (χ1v) is 9.06. The fraction of sp³-hybridized carbons (Fsp3) is 0.130. The summed E-state index contributed by atoms with van der Waals surface area (Å²) >= 11 is 0. The molecule has 0 unspecified atom stereocenters. The molecule has 0 heterocycles. The summed E-state index contributed by atoms with van der Waals surface area (Å²) in [6, 6.07) is 23.9. The second kappa shape index (κ2) is 9.37. The van der Waals surface area contributed by atoms with Gasteiger partial charge in [-0.15, -0.1) is 0 Å². The van der Waals surface area contributed by atoms with Crippen LogP contribution in [0.1, 0.15) is 26.3 Å². The lowest BCUT2D eigenvalue weighted by Gasteiger charge is -2.09. The molecule has 0 bridgehead atoms. The quantitative estimate of drug-likeness (QED) is 0.659. The number of carbonyl (C=O) groups excluding carboxylic acids is 2. The smallest absolute Gasteiger partial charge is 0.255 e. The molecule has 0 radical (unpaired) electrons. The van der Waals surface area contributed by atoms with Crippen molar-refractivity contribution in [1.29, 1.82) is 0 Å². The Hall–Kier alpha value is -3.60. The number of rotatable bonds is 7. The minimum atomic E-state index is -0.245. The van der Waals surface area contributed by atoms with E-state index >= 15 is 0 Å². The van der Waals surface area contributed by atoms with Crippen LogP contribution in [0.4, 0.5) is 5.69 Å². The van der Waals surface area contributed by atoms with Gasteiger partial charge in [-0.3, -0.25) is 9.59 Å². The number of carbonyl (C=O) groups is 2. The van der Waals surface area contributed by atoms with Crippen molar-refractivity contribution in [3.05, 3.63) is 95.6 Å². The van der Waals surface area contributed by atoms with E-state index in [1.807, 2.05) is 18.2 Å². The second-order valence-corrected chi connectivity index (χ2v) is 6.22. The van der Waals surface area contributed by atoms with E-state index in [1.165, 1.54) is 5.56 Å². The maximum absolute atomic E-state index is 12.4. The fourth-order valence-electron chi connectivity index (χ4n) is 2.72. The molecule has 2 N–H and O–H groups in total. The number of anilines is 1. The Morgan fingerprint density at radius 3 is 2.29 bits per heavy atom. The van der Waals surface area contributed by atoms with Gasteiger partial charge in [0.15, 0.2) is 0 Å². The van der Waals surface area contributed by atoms with Gasteiger partial charge < -0.3 is 15.4 Å². The molecule has 5 nitrogen and oxygen atoms in total. The molecule has 0 saturated heterocycles. The van der Waals surface area contributed by atoms with Crippen molar-refractivity contribution >= 4 is 17.5 Å². The molecule has 0 fully saturated rings. The monoisotopic (exact) mass is 374 g/mol. The highest BCUT2D eigenvalue weighted by molar-refractivity contribution is 6.05. The van der Waals surface area contributed by atoms with Gasteiger partial charge in [0.05, 0.1) is 6.61 Å². The van der Waals surface area contributed by atoms with Crippen LogP contribution >= 0.6 is 0 Å². The molecule has 0 spiro atoms. The molecule has 0 atom stereocenters. The number of nitrogens with one attached hydrogen (secondary N) is 2. The third-order valence-corrected chi connectivity index (χ3v) is 4.23. The second-order valence-electron chi connectivity index (χ2n) is 6.22. The van der Waals surface area contributed by atoms with Crippen LogP contribution in [0, 0.1) is 0 Å². The zero-order chi connectivity index (χ0) is 19.8. The molecule has 0 aromatic heterocycles. The van der Waals surface area contributed by atoms with Crippen LogP contribution < -0.4 is 15.4 Å². The molecule has 0 aliphatic carbocycles. The largest absolute Gasteiger partial charge is 0.493 e. The van der Waals surface area contributed by atoms with Crippen molar-refractivity contribution in [1.82, 2.24) is 5.32 Å². The predicted molar refractivity (Wildman–Crippen MR) is 110 cm³/mol. The van der Waals surface area contributed by atoms with Crippen LogP contribution in [-0.2, 0) is 6.42 Å². The van der Waals surface area contributed by atoms with Gasteiger partial charge in [0.2, 0.25) is 0 Å². The first-order valence-electron chi connectivity index (χ1n) is 9.06. The van der Waals surface area contributed by atoms with Gasteiger partial charge in [0.25, 0.3) is 11.8 Å². The first-order chi connectivity index (χ1) is 13.7. The van der Waals surface area contributed by atoms with Gasteiger partial charge >= 0.3 is 0 Å². The Kier molecular flexibility index (Phi) is 6.41. The third kappa shape index (κ3) is 5.20. The summed E-state index contributed by atoms with van der Waals surface area (Å²) in [5, 5.41) is 5.36. The topological polar surface area (TPSA) is 67.4 Å². The van der Waals surface area contributed by atoms with Gasteiger partial charge in [-0.05, 0) is 48.0 Å². The lowest BCUT2D eigenvalue weighted by Crippen LogP contribution is -2.18. The molecular weight excluding hydrogens is 352 g/mol. The molecule has 142 valence electrons. The van der Waals surface area contributed by atoms with Crippen LogP contribution in [0.5, 0.6) is 5.75 Å². The maximum atomic E-state index is 12.4. The third-order valence-electron chi connectivity index (χ3n) is 4.23. The van der Waals surface area contributed by atoms with Crippen molar-refractivity contribution in [2.45, 2.75) is 6.42 Å². The normalized spacial score (nSPS) is 10.2. The number of hydrogen-bond acceptors (Lipinski definition) is 3. The molecule has 3 aromatic rings. The zero-order valence-corrected chi connectivity index (χ0v) is 15.6. The van der Waals surface area contributed by atoms with E-state index in [0.717, 1.165) is 6.42 Å². The van der Waals surface area contributed by atoms with E-state index in [1.54, 1.807) is 55.6 Å². The van der Waals surface area contributed by atoms with Crippen LogP contribution in [0.15, 0.2) is 78.9 Å². The van der Waals surface area contributed by atoms with Gasteiger partial charge in [-0.25, -0.2) is 0 Å². The molecule has 0 saturated carbocycles. The number of benzene rings is 3. The predicted octanol–water partition coefficient (Wildman–Crippen LogP) is 3.92. The van der Waals surface area contributed by atoms with Crippen LogP contribution in [0.25, 0.3) is 0 Å². The van der Waals surface area contributed by atoms with Crippen molar-refractivity contribution in [2.24, 2.45) is 0 Å². The lowest BCUT2D eigenvalue weighted by atomic mass is 10.1. The Morgan fingerprint density at radius 1 is 0.821 bits per heavy atom. The van der Waals surface area contributed by atoms with Crippen LogP contribution in [0.3, 0.4) is 0 Å². The van der Waals surface area contributed by atoms with Crippen LogP contribution in [-0.4, -0.2) is 25.5 Å². The molecule has 0 aliphatic heterocycles. The maximum Gasteiger partial charge on any atom is 0.255 e. The van der Waals surface area contributed by atoms with Gasteiger partial charge in [-0.2, -0.15) is 0 Å². The van der Waals surface area contributed by atoms with Crippen molar-refractivity contribution < 1.29 is 14.3 Å². The summed E-state index contributed by atoms with van der Waals surface area (Å²) in [7, 11) is 1.57. The first kappa shape index (κ1) is 19.2. The van der Waals surface area contributed by atoms with E-state index in [-0.39, 0.29) is 11.8 Å². The van der Waals surface area contributed by atoms with Crippen molar-refractivity contribution in [2.75, 3.05) is 19.0 Å². The van der Waals surface area contributed by atoms with Gasteiger partial charge in [0.1, 0.15) is 5.75 Å². The molecule has 0 aliphatic rings. The summed E-state index contributed by atoms with van der Waals surface area (Å²) < 4.78 is 5.74. The summed E-state index contributed by atoms with van der Waals surface area (Å²) in [5.41, 5.74) is 2.79. The average molecular weight is 374 g/mol. The Balaban J connectivity index is 1.55. The molecular formula is C23H22N2O3. The van der Waals surface area contributed by atoms with Crippen LogP contribution in [0.2, 0.25) is 0 Å². The summed E-state index contributed by atoms with van der Waals surface area (Å²) in [5.74, 6) is 0.270. The highest BCUT2D eigenvalue weighted by atomic mass is 16.5. The Morgan fingerprint density at radius 2 is 1.57 bits per heavy atom. The summed E-state index contributed by atoms with van der Waals surface area (Å²) in [6.07, 6.45) is 0.824. The van der Waals surface area contributed by atoms with Crippen molar-refractivity contribution in [3.63, 3.8) is 0 Å². The molecule has 28 heavy (non-hydrogen) atoms. The molecule has 3 rings (SSSR count). The summed E-state index contributed by atoms with van der Waals surface area (Å²) in [4.78, 5) is 24.1. The van der Waals surface area contributed by atoms with E-state index in [4.69, 9.17) is 4.74 Å². The zero-order valence-electron chi connectivity index (χ0n) is 15.6. The Bertz CT molecular complexity index is 938. The highest BCUT2D eigenvalue weighted by Gasteiger charge is 2.09. The number of ether oxygens (including phenoxy) is 1. The van der Waals surface area contributed by atoms with E-state index in [9.17, 15) is 9.59 Å². The van der Waals surface area contributed by atoms with E-state index in [0.29, 0.717) is 29.2 Å². The van der Waals surface area contributed by atoms with Gasteiger partial charge in [-0.1, -0.05) is 36.4 Å². The number of hydrogen-bond donors (Lipinski definition) is 2. The van der Waals surface area contributed by atoms with E-state index < -0.39 is 0 Å². The average Bonchev–Trinajstić information content (AvgIpc) is 2.74. The molecule has 3 aromatic carbocycles. The van der Waals surface area contributed by atoms with E-state index in [2.05, 4.69) is 22.8 Å². The van der Waals surface area contributed by atoms with Crippen molar-refractivity contribution in [3.8, 4) is 5.75 Å². The Labute approximate surface area is 164 Å².